The van der Waals surface area contributed by atoms with Gasteiger partial charge in [0.2, 0.25) is 5.75 Å². The van der Waals surface area contributed by atoms with Gasteiger partial charge in [0.15, 0.2) is 5.82 Å². The van der Waals surface area contributed by atoms with Crippen LogP contribution in [0.1, 0.15) is 9.88 Å². The van der Waals surface area contributed by atoms with Gasteiger partial charge in [0.25, 0.3) is 5.56 Å². The van der Waals surface area contributed by atoms with E-state index in [0.29, 0.717) is 12.4 Å². The van der Waals surface area contributed by atoms with Crippen molar-refractivity contribution in [3.63, 3.8) is 0 Å². The standard InChI is InChI=1S/C10H12N4O2S/c1-6-11-3-7(17-6)4-12-9-8(16-2)10(15)14-5-13-9/h3,5H,4H2,1-2H3,(H2,12,13,14,15). The minimum atomic E-state index is -0.300. The molecule has 0 unspecified atom stereocenters. The van der Waals surface area contributed by atoms with Gasteiger partial charge in [-0.05, 0) is 6.92 Å². The molecule has 7 heteroatoms. The molecule has 0 saturated heterocycles. The van der Waals surface area contributed by atoms with E-state index < -0.39 is 0 Å². The van der Waals surface area contributed by atoms with E-state index in [0.717, 1.165) is 9.88 Å². The van der Waals surface area contributed by atoms with Gasteiger partial charge in [-0.1, -0.05) is 0 Å². The first-order chi connectivity index (χ1) is 8.20. The molecule has 0 bridgehead atoms. The van der Waals surface area contributed by atoms with Crippen molar-refractivity contribution in [2.75, 3.05) is 12.4 Å². The van der Waals surface area contributed by atoms with Crippen molar-refractivity contribution >= 4 is 17.2 Å². The Balaban J connectivity index is 2.14. The molecule has 2 heterocycles. The summed E-state index contributed by atoms with van der Waals surface area (Å²) in [5.41, 5.74) is -0.300. The number of nitrogens with zero attached hydrogens (tertiary/aromatic N) is 2. The molecule has 0 aromatic carbocycles. The molecule has 0 aliphatic carbocycles. The Morgan fingerprint density at radius 3 is 3.00 bits per heavy atom. The molecule has 0 atom stereocenters. The number of aromatic amines is 1. The van der Waals surface area contributed by atoms with Crippen LogP contribution >= 0.6 is 11.3 Å². The first-order valence-electron chi connectivity index (χ1n) is 4.97. The predicted octanol–water partition coefficient (Wildman–Crippen LogP) is 1.16. The second-order valence-corrected chi connectivity index (χ2v) is 4.63. The fourth-order valence-corrected chi connectivity index (χ4v) is 2.09. The molecule has 0 fully saturated rings. The van der Waals surface area contributed by atoms with Crippen molar-refractivity contribution in [2.45, 2.75) is 13.5 Å². The van der Waals surface area contributed by atoms with Crippen LogP contribution in [0.5, 0.6) is 5.75 Å². The Hall–Kier alpha value is -1.89. The zero-order valence-electron chi connectivity index (χ0n) is 9.48. The van der Waals surface area contributed by atoms with Crippen LogP contribution in [0, 0.1) is 6.92 Å². The van der Waals surface area contributed by atoms with Crippen LogP contribution in [0.2, 0.25) is 0 Å². The summed E-state index contributed by atoms with van der Waals surface area (Å²) in [4.78, 5) is 23.1. The molecule has 0 aliphatic rings. The summed E-state index contributed by atoms with van der Waals surface area (Å²) in [5, 5.41) is 4.06. The summed E-state index contributed by atoms with van der Waals surface area (Å²) in [6.07, 6.45) is 3.14. The lowest BCUT2D eigenvalue weighted by Crippen LogP contribution is -2.13. The highest BCUT2D eigenvalue weighted by Crippen LogP contribution is 2.17. The van der Waals surface area contributed by atoms with Crippen LogP contribution < -0.4 is 15.6 Å². The van der Waals surface area contributed by atoms with Gasteiger partial charge in [0.1, 0.15) is 0 Å². The molecule has 2 aromatic heterocycles. The summed E-state index contributed by atoms with van der Waals surface area (Å²) in [6.45, 7) is 2.51. The highest BCUT2D eigenvalue weighted by Gasteiger charge is 2.08. The second-order valence-electron chi connectivity index (χ2n) is 3.31. The van der Waals surface area contributed by atoms with E-state index in [1.54, 1.807) is 17.5 Å². The van der Waals surface area contributed by atoms with Crippen LogP contribution in [-0.2, 0) is 6.54 Å². The van der Waals surface area contributed by atoms with E-state index in [1.165, 1.54) is 13.4 Å². The molecule has 0 radical (unpaired) electrons. The number of ether oxygens (including phenoxy) is 1. The average molecular weight is 252 g/mol. The summed E-state index contributed by atoms with van der Waals surface area (Å²) < 4.78 is 4.99. The molecule has 90 valence electrons. The van der Waals surface area contributed by atoms with Gasteiger partial charge in [-0.15, -0.1) is 11.3 Å². The summed E-state index contributed by atoms with van der Waals surface area (Å²) in [5.74, 6) is 0.621. The van der Waals surface area contributed by atoms with Crippen LogP contribution in [0.3, 0.4) is 0 Å². The molecule has 0 amide bonds. The van der Waals surface area contributed by atoms with Crippen LogP contribution in [0.4, 0.5) is 5.82 Å². The lowest BCUT2D eigenvalue weighted by Gasteiger charge is -2.07. The quantitative estimate of drug-likeness (QED) is 0.853. The van der Waals surface area contributed by atoms with Gasteiger partial charge in [-0.3, -0.25) is 4.79 Å². The van der Waals surface area contributed by atoms with Crippen molar-refractivity contribution in [1.29, 1.82) is 0 Å². The number of aryl methyl sites for hydroxylation is 1. The number of anilines is 1. The molecular formula is C10H12N4O2S. The Labute approximate surface area is 102 Å². The maximum absolute atomic E-state index is 11.4. The number of methoxy groups -OCH3 is 1. The van der Waals surface area contributed by atoms with Crippen LogP contribution in [0.15, 0.2) is 17.3 Å². The van der Waals surface area contributed by atoms with Crippen LogP contribution in [-0.4, -0.2) is 22.1 Å². The molecular weight excluding hydrogens is 240 g/mol. The number of rotatable bonds is 4. The SMILES string of the molecule is COc1c(NCc2cnc(C)s2)nc[nH]c1=O. The number of hydrogen-bond acceptors (Lipinski definition) is 6. The van der Waals surface area contributed by atoms with Crippen molar-refractivity contribution in [2.24, 2.45) is 0 Å². The third-order valence-corrected chi connectivity index (χ3v) is 3.03. The van der Waals surface area contributed by atoms with Gasteiger partial charge >= 0.3 is 0 Å². The van der Waals surface area contributed by atoms with Crippen molar-refractivity contribution in [1.82, 2.24) is 15.0 Å². The van der Waals surface area contributed by atoms with E-state index in [1.807, 2.05) is 6.92 Å². The molecule has 2 N–H and O–H groups in total. The average Bonchev–Trinajstić information content (AvgIpc) is 2.72. The van der Waals surface area contributed by atoms with E-state index in [9.17, 15) is 4.79 Å². The minimum Gasteiger partial charge on any atom is -0.489 e. The number of aromatic nitrogens is 3. The third-order valence-electron chi connectivity index (χ3n) is 2.11. The minimum absolute atomic E-state index is 0.189. The van der Waals surface area contributed by atoms with Gasteiger partial charge in [-0.2, -0.15) is 0 Å². The summed E-state index contributed by atoms with van der Waals surface area (Å²) in [6, 6.07) is 0. The zero-order chi connectivity index (χ0) is 12.3. The normalized spacial score (nSPS) is 10.2. The van der Waals surface area contributed by atoms with E-state index >= 15 is 0 Å². The summed E-state index contributed by atoms with van der Waals surface area (Å²) in [7, 11) is 1.44. The molecule has 0 aliphatic heterocycles. The highest BCUT2D eigenvalue weighted by atomic mass is 32.1. The first kappa shape index (κ1) is 11.6. The summed E-state index contributed by atoms with van der Waals surface area (Å²) >= 11 is 1.60. The zero-order valence-corrected chi connectivity index (χ0v) is 10.3. The van der Waals surface area contributed by atoms with E-state index in [-0.39, 0.29) is 11.3 Å². The third kappa shape index (κ3) is 2.62. The monoisotopic (exact) mass is 252 g/mol. The predicted molar refractivity (Wildman–Crippen MR) is 65.6 cm³/mol. The maximum atomic E-state index is 11.4. The van der Waals surface area contributed by atoms with Gasteiger partial charge in [0, 0.05) is 11.1 Å². The van der Waals surface area contributed by atoms with Crippen molar-refractivity contribution in [3.05, 3.63) is 32.8 Å². The number of H-pyrrole nitrogens is 1. The second kappa shape index (κ2) is 4.96. The van der Waals surface area contributed by atoms with Gasteiger partial charge < -0.3 is 15.0 Å². The van der Waals surface area contributed by atoms with Crippen molar-refractivity contribution in [3.8, 4) is 5.75 Å². The number of thiazole rings is 1. The van der Waals surface area contributed by atoms with Crippen LogP contribution in [0.25, 0.3) is 0 Å². The van der Waals surface area contributed by atoms with Gasteiger partial charge in [0.05, 0.1) is 25.0 Å². The highest BCUT2D eigenvalue weighted by molar-refractivity contribution is 7.11. The lowest BCUT2D eigenvalue weighted by molar-refractivity contribution is 0.408. The Morgan fingerprint density at radius 1 is 1.53 bits per heavy atom. The molecule has 2 aromatic rings. The molecule has 0 saturated carbocycles. The first-order valence-corrected chi connectivity index (χ1v) is 5.79. The fraction of sp³-hybridized carbons (Fsp3) is 0.300. The fourth-order valence-electron chi connectivity index (χ4n) is 1.36. The largest absolute Gasteiger partial charge is 0.489 e. The lowest BCUT2D eigenvalue weighted by atomic mass is 10.4. The molecule has 2 rings (SSSR count). The number of nitrogens with one attached hydrogen (secondary N) is 2. The maximum Gasteiger partial charge on any atom is 0.295 e. The Morgan fingerprint density at radius 2 is 2.35 bits per heavy atom. The smallest absolute Gasteiger partial charge is 0.295 e. The van der Waals surface area contributed by atoms with Crippen molar-refractivity contribution < 1.29 is 4.74 Å². The topological polar surface area (TPSA) is 79.9 Å². The Kier molecular flexibility index (Phi) is 3.38. The molecule has 6 nitrogen and oxygen atoms in total. The molecule has 0 spiro atoms. The number of hydrogen-bond donors (Lipinski definition) is 2. The Bertz CT molecular complexity index is 563. The van der Waals surface area contributed by atoms with Gasteiger partial charge in [-0.25, -0.2) is 9.97 Å². The molecule has 17 heavy (non-hydrogen) atoms. The van der Waals surface area contributed by atoms with E-state index in [4.69, 9.17) is 4.74 Å². The van der Waals surface area contributed by atoms with E-state index in [2.05, 4.69) is 20.3 Å².